The van der Waals surface area contributed by atoms with Gasteiger partial charge in [-0.2, -0.15) is 0 Å². The maximum Gasteiger partial charge on any atom is 0.351 e. The van der Waals surface area contributed by atoms with Gasteiger partial charge in [0, 0.05) is 18.0 Å². The van der Waals surface area contributed by atoms with E-state index in [2.05, 4.69) is 9.72 Å². The van der Waals surface area contributed by atoms with Gasteiger partial charge in [0.2, 0.25) is 6.10 Å². The molecule has 0 amide bonds. The Balaban J connectivity index is 2.90. The molecule has 0 fully saturated rings. The fraction of sp³-hybridized carbons (Fsp3) is 0.417. The maximum absolute atomic E-state index is 11.6. The number of hydrogen-bond donors (Lipinski definition) is 0. The summed E-state index contributed by atoms with van der Waals surface area (Å²) in [6, 6.07) is 3.21. The SMILES string of the molecule is COC(=O)C(OC(=O)C(C)C)c1ccncc1. The van der Waals surface area contributed by atoms with Gasteiger partial charge in [0.25, 0.3) is 0 Å². The van der Waals surface area contributed by atoms with E-state index in [0.29, 0.717) is 5.56 Å². The largest absolute Gasteiger partial charge is 0.466 e. The molecular weight excluding hydrogens is 222 g/mol. The summed E-state index contributed by atoms with van der Waals surface area (Å²) in [5, 5.41) is 0. The van der Waals surface area contributed by atoms with Crippen LogP contribution in [0.4, 0.5) is 0 Å². The molecule has 0 aliphatic carbocycles. The van der Waals surface area contributed by atoms with Crippen molar-refractivity contribution in [2.75, 3.05) is 7.11 Å². The van der Waals surface area contributed by atoms with Crippen LogP contribution >= 0.6 is 0 Å². The van der Waals surface area contributed by atoms with E-state index in [4.69, 9.17) is 4.74 Å². The average molecular weight is 237 g/mol. The number of carbonyl (C=O) groups is 2. The molecule has 0 saturated heterocycles. The van der Waals surface area contributed by atoms with Crippen LogP contribution in [0.3, 0.4) is 0 Å². The Morgan fingerprint density at radius 3 is 2.24 bits per heavy atom. The maximum atomic E-state index is 11.6. The minimum Gasteiger partial charge on any atom is -0.466 e. The van der Waals surface area contributed by atoms with E-state index in [9.17, 15) is 9.59 Å². The number of pyridine rings is 1. The van der Waals surface area contributed by atoms with Crippen LogP contribution in [0.15, 0.2) is 24.5 Å². The van der Waals surface area contributed by atoms with E-state index >= 15 is 0 Å². The van der Waals surface area contributed by atoms with Gasteiger partial charge in [0.15, 0.2) is 0 Å². The standard InChI is InChI=1S/C12H15NO4/c1-8(2)11(14)17-10(12(15)16-3)9-4-6-13-7-5-9/h4-8,10H,1-3H3. The molecule has 5 heteroatoms. The van der Waals surface area contributed by atoms with Gasteiger partial charge >= 0.3 is 11.9 Å². The van der Waals surface area contributed by atoms with Crippen LogP contribution in [0, 0.1) is 5.92 Å². The number of aromatic nitrogens is 1. The minimum atomic E-state index is -1.03. The van der Waals surface area contributed by atoms with Gasteiger partial charge in [0.05, 0.1) is 13.0 Å². The molecule has 0 N–H and O–H groups in total. The number of methoxy groups -OCH3 is 1. The number of ether oxygens (including phenoxy) is 2. The molecule has 0 aliphatic heterocycles. The van der Waals surface area contributed by atoms with E-state index < -0.39 is 18.0 Å². The van der Waals surface area contributed by atoms with Crippen LogP contribution in [0.25, 0.3) is 0 Å². The van der Waals surface area contributed by atoms with Gasteiger partial charge in [-0.1, -0.05) is 13.8 Å². The normalized spacial score (nSPS) is 12.0. The van der Waals surface area contributed by atoms with Crippen molar-refractivity contribution >= 4 is 11.9 Å². The van der Waals surface area contributed by atoms with Crippen molar-refractivity contribution in [1.29, 1.82) is 0 Å². The number of carbonyl (C=O) groups excluding carboxylic acids is 2. The van der Waals surface area contributed by atoms with Crippen LogP contribution in [0.5, 0.6) is 0 Å². The number of hydrogen-bond acceptors (Lipinski definition) is 5. The monoisotopic (exact) mass is 237 g/mol. The lowest BCUT2D eigenvalue weighted by Crippen LogP contribution is -2.23. The van der Waals surface area contributed by atoms with Crippen molar-refractivity contribution in [1.82, 2.24) is 4.98 Å². The Morgan fingerprint density at radius 1 is 1.18 bits per heavy atom. The van der Waals surface area contributed by atoms with Gasteiger partial charge in [-0.05, 0) is 12.1 Å². The molecule has 1 atom stereocenters. The van der Waals surface area contributed by atoms with Gasteiger partial charge in [-0.3, -0.25) is 9.78 Å². The first kappa shape index (κ1) is 13.2. The molecule has 0 aliphatic rings. The Labute approximate surface area is 99.8 Å². The minimum absolute atomic E-state index is 0.302. The zero-order valence-electron chi connectivity index (χ0n) is 10.0. The molecule has 1 unspecified atom stereocenters. The molecule has 1 rings (SSSR count). The van der Waals surface area contributed by atoms with Crippen LogP contribution in [-0.2, 0) is 19.1 Å². The molecule has 0 radical (unpaired) electrons. The lowest BCUT2D eigenvalue weighted by molar-refractivity contribution is -0.168. The summed E-state index contributed by atoms with van der Waals surface area (Å²) in [4.78, 5) is 26.9. The second-order valence-corrected chi connectivity index (χ2v) is 3.78. The van der Waals surface area contributed by atoms with Gasteiger partial charge in [0.1, 0.15) is 0 Å². The molecule has 1 aromatic rings. The number of nitrogens with zero attached hydrogens (tertiary/aromatic N) is 1. The number of esters is 2. The summed E-state index contributed by atoms with van der Waals surface area (Å²) in [7, 11) is 1.25. The van der Waals surface area contributed by atoms with Crippen molar-refractivity contribution in [2.24, 2.45) is 5.92 Å². The predicted octanol–water partition coefficient (Wildman–Crippen LogP) is 1.49. The first-order chi connectivity index (χ1) is 8.06. The smallest absolute Gasteiger partial charge is 0.351 e. The third kappa shape index (κ3) is 3.55. The summed E-state index contributed by atoms with van der Waals surface area (Å²) in [6.45, 7) is 3.40. The molecule has 0 bridgehead atoms. The van der Waals surface area contributed by atoms with Crippen LogP contribution in [0.2, 0.25) is 0 Å². The fourth-order valence-corrected chi connectivity index (χ4v) is 1.15. The van der Waals surface area contributed by atoms with Crippen LogP contribution in [0.1, 0.15) is 25.5 Å². The third-order valence-electron chi connectivity index (χ3n) is 2.13. The lowest BCUT2D eigenvalue weighted by Gasteiger charge is -2.16. The highest BCUT2D eigenvalue weighted by Crippen LogP contribution is 2.19. The highest BCUT2D eigenvalue weighted by molar-refractivity contribution is 5.81. The van der Waals surface area contributed by atoms with Crippen molar-refractivity contribution in [2.45, 2.75) is 20.0 Å². The zero-order valence-corrected chi connectivity index (χ0v) is 10.0. The van der Waals surface area contributed by atoms with Gasteiger partial charge in [-0.25, -0.2) is 4.79 Å². The van der Waals surface area contributed by atoms with Crippen LogP contribution < -0.4 is 0 Å². The second kappa shape index (κ2) is 5.98. The van der Waals surface area contributed by atoms with Gasteiger partial charge < -0.3 is 9.47 Å². The first-order valence-corrected chi connectivity index (χ1v) is 5.24. The van der Waals surface area contributed by atoms with Crippen molar-refractivity contribution in [3.63, 3.8) is 0 Å². The van der Waals surface area contributed by atoms with E-state index in [1.165, 1.54) is 19.5 Å². The number of rotatable bonds is 4. The Bertz CT molecular complexity index is 389. The zero-order chi connectivity index (χ0) is 12.8. The quantitative estimate of drug-likeness (QED) is 0.742. The van der Waals surface area contributed by atoms with E-state index in [1.807, 2.05) is 0 Å². The Hall–Kier alpha value is -1.91. The summed E-state index contributed by atoms with van der Waals surface area (Å²) < 4.78 is 9.72. The fourth-order valence-electron chi connectivity index (χ4n) is 1.15. The molecule has 92 valence electrons. The molecule has 0 aromatic carbocycles. The van der Waals surface area contributed by atoms with E-state index in [-0.39, 0.29) is 5.92 Å². The highest BCUT2D eigenvalue weighted by Gasteiger charge is 2.26. The summed E-state index contributed by atoms with van der Waals surface area (Å²) in [6.07, 6.45) is 2.01. The van der Waals surface area contributed by atoms with E-state index in [1.54, 1.807) is 26.0 Å². The predicted molar refractivity (Wildman–Crippen MR) is 59.9 cm³/mol. The molecule has 0 spiro atoms. The average Bonchev–Trinajstić information content (AvgIpc) is 2.35. The summed E-state index contributed by atoms with van der Waals surface area (Å²) >= 11 is 0. The topological polar surface area (TPSA) is 65.5 Å². The molecule has 17 heavy (non-hydrogen) atoms. The van der Waals surface area contributed by atoms with E-state index in [0.717, 1.165) is 0 Å². The summed E-state index contributed by atoms with van der Waals surface area (Å²) in [5.41, 5.74) is 0.542. The van der Waals surface area contributed by atoms with Crippen molar-refractivity contribution in [3.8, 4) is 0 Å². The Morgan fingerprint density at radius 2 is 1.76 bits per heavy atom. The molecule has 1 heterocycles. The highest BCUT2D eigenvalue weighted by atomic mass is 16.6. The molecule has 1 aromatic heterocycles. The second-order valence-electron chi connectivity index (χ2n) is 3.78. The van der Waals surface area contributed by atoms with Crippen molar-refractivity contribution in [3.05, 3.63) is 30.1 Å². The Kier molecular flexibility index (Phi) is 4.63. The van der Waals surface area contributed by atoms with Crippen molar-refractivity contribution < 1.29 is 19.1 Å². The molecule has 5 nitrogen and oxygen atoms in total. The molecule has 0 saturated carbocycles. The molecular formula is C12H15NO4. The first-order valence-electron chi connectivity index (χ1n) is 5.24. The van der Waals surface area contributed by atoms with Crippen LogP contribution in [-0.4, -0.2) is 24.0 Å². The van der Waals surface area contributed by atoms with Gasteiger partial charge in [-0.15, -0.1) is 0 Å². The lowest BCUT2D eigenvalue weighted by atomic mass is 10.1. The summed E-state index contributed by atoms with van der Waals surface area (Å²) in [5.74, 6) is -1.36. The third-order valence-corrected chi connectivity index (χ3v) is 2.13.